The fraction of sp³-hybridized carbons (Fsp3) is 0.280. The Morgan fingerprint density at radius 3 is 2.59 bits per heavy atom. The molecule has 148 valence electrons. The fourth-order valence-electron chi connectivity index (χ4n) is 4.12. The smallest absolute Gasteiger partial charge is 0.199 e. The van der Waals surface area contributed by atoms with Crippen molar-refractivity contribution in [3.8, 4) is 0 Å². The standard InChI is InChI=1S/C25H27N3O/c1-16(2)28-13-12-26-25(28)23(29)15-21(19-8-6-5-7-9-19)24-18(4)20-11-10-17(3)14-22(20)27-24/h5-14,16,21,27H,15H2,1-4H3/t21-/m0/s1. The number of aromatic amines is 1. The number of aromatic nitrogens is 3. The zero-order chi connectivity index (χ0) is 20.5. The third-order valence-corrected chi connectivity index (χ3v) is 5.67. The molecule has 0 fully saturated rings. The number of carbonyl (C=O) groups is 1. The molecule has 2 aromatic carbocycles. The molecule has 0 amide bonds. The summed E-state index contributed by atoms with van der Waals surface area (Å²) in [7, 11) is 0. The minimum atomic E-state index is -0.0475. The van der Waals surface area contributed by atoms with Gasteiger partial charge in [0.05, 0.1) is 0 Å². The minimum Gasteiger partial charge on any atom is -0.358 e. The van der Waals surface area contributed by atoms with Gasteiger partial charge in [0.15, 0.2) is 11.6 Å². The monoisotopic (exact) mass is 385 g/mol. The van der Waals surface area contributed by atoms with Crippen molar-refractivity contribution in [1.29, 1.82) is 0 Å². The van der Waals surface area contributed by atoms with Crippen molar-refractivity contribution in [3.05, 3.63) is 89.1 Å². The summed E-state index contributed by atoms with van der Waals surface area (Å²) in [6, 6.07) is 16.9. The Morgan fingerprint density at radius 1 is 1.10 bits per heavy atom. The second-order valence-electron chi connectivity index (χ2n) is 8.06. The lowest BCUT2D eigenvalue weighted by Gasteiger charge is -2.18. The van der Waals surface area contributed by atoms with E-state index in [9.17, 15) is 4.79 Å². The maximum absolute atomic E-state index is 13.3. The summed E-state index contributed by atoms with van der Waals surface area (Å²) in [5.41, 5.74) is 5.78. The van der Waals surface area contributed by atoms with Gasteiger partial charge in [0.1, 0.15) is 0 Å². The van der Waals surface area contributed by atoms with Gasteiger partial charge in [-0.25, -0.2) is 4.98 Å². The number of aryl methyl sites for hydroxylation is 2. The number of Topliss-reactive ketones (excluding diaryl/α,β-unsaturated/α-hetero) is 1. The van der Waals surface area contributed by atoms with Crippen molar-refractivity contribution in [3.63, 3.8) is 0 Å². The van der Waals surface area contributed by atoms with E-state index in [2.05, 4.69) is 68.0 Å². The molecule has 4 heteroatoms. The lowest BCUT2D eigenvalue weighted by Crippen LogP contribution is -2.16. The SMILES string of the molecule is Cc1ccc2c(C)c([C@@H](CC(=O)c3nccn3C(C)C)c3ccccc3)[nH]c2c1. The molecule has 0 aliphatic rings. The van der Waals surface area contributed by atoms with E-state index in [-0.39, 0.29) is 17.7 Å². The molecule has 1 atom stereocenters. The molecule has 1 N–H and O–H groups in total. The number of H-pyrrole nitrogens is 1. The molecule has 2 aromatic heterocycles. The molecule has 0 radical (unpaired) electrons. The number of hydrogen-bond donors (Lipinski definition) is 1. The Morgan fingerprint density at radius 2 is 1.86 bits per heavy atom. The molecule has 0 aliphatic carbocycles. The molecule has 0 aliphatic heterocycles. The van der Waals surface area contributed by atoms with E-state index in [1.807, 2.05) is 29.0 Å². The Bertz CT molecular complexity index is 1150. The van der Waals surface area contributed by atoms with Gasteiger partial charge in [0.2, 0.25) is 0 Å². The van der Waals surface area contributed by atoms with Gasteiger partial charge in [-0.2, -0.15) is 0 Å². The predicted octanol–water partition coefficient (Wildman–Crippen LogP) is 5.97. The predicted molar refractivity (Wildman–Crippen MR) is 118 cm³/mol. The Hall–Kier alpha value is -3.14. The van der Waals surface area contributed by atoms with E-state index in [1.165, 1.54) is 16.5 Å². The molecular weight excluding hydrogens is 358 g/mol. The van der Waals surface area contributed by atoms with Crippen LogP contribution >= 0.6 is 0 Å². The number of carbonyl (C=O) groups excluding carboxylic acids is 1. The van der Waals surface area contributed by atoms with Gasteiger partial charge < -0.3 is 9.55 Å². The Balaban J connectivity index is 1.78. The van der Waals surface area contributed by atoms with Gasteiger partial charge >= 0.3 is 0 Å². The number of nitrogens with zero attached hydrogens (tertiary/aromatic N) is 2. The summed E-state index contributed by atoms with van der Waals surface area (Å²) in [6.07, 6.45) is 3.97. The molecule has 0 unspecified atom stereocenters. The minimum absolute atomic E-state index is 0.0475. The van der Waals surface area contributed by atoms with E-state index < -0.39 is 0 Å². The van der Waals surface area contributed by atoms with Crippen LogP contribution in [-0.4, -0.2) is 20.3 Å². The van der Waals surface area contributed by atoms with Gasteiger partial charge in [-0.05, 0) is 50.5 Å². The summed E-state index contributed by atoms with van der Waals surface area (Å²) in [5.74, 6) is 0.547. The molecule has 4 rings (SSSR count). The van der Waals surface area contributed by atoms with Crippen LogP contribution in [0.15, 0.2) is 60.9 Å². The number of nitrogens with one attached hydrogen (secondary N) is 1. The number of ketones is 1. The molecule has 4 nitrogen and oxygen atoms in total. The van der Waals surface area contributed by atoms with Crippen LogP contribution in [0.4, 0.5) is 0 Å². The average molecular weight is 386 g/mol. The van der Waals surface area contributed by atoms with Crippen molar-refractivity contribution in [2.24, 2.45) is 0 Å². The van der Waals surface area contributed by atoms with Crippen molar-refractivity contribution < 1.29 is 4.79 Å². The number of rotatable bonds is 6. The topological polar surface area (TPSA) is 50.7 Å². The average Bonchev–Trinajstić information content (AvgIpc) is 3.32. The van der Waals surface area contributed by atoms with Crippen LogP contribution in [0.2, 0.25) is 0 Å². The second-order valence-corrected chi connectivity index (χ2v) is 8.06. The van der Waals surface area contributed by atoms with Crippen LogP contribution in [-0.2, 0) is 0 Å². The summed E-state index contributed by atoms with van der Waals surface area (Å²) < 4.78 is 1.95. The van der Waals surface area contributed by atoms with Crippen LogP contribution in [0.3, 0.4) is 0 Å². The van der Waals surface area contributed by atoms with E-state index in [4.69, 9.17) is 0 Å². The summed E-state index contributed by atoms with van der Waals surface area (Å²) >= 11 is 0. The number of imidazole rings is 1. The lowest BCUT2D eigenvalue weighted by atomic mass is 9.88. The molecule has 0 bridgehead atoms. The van der Waals surface area contributed by atoms with E-state index in [0.29, 0.717) is 12.2 Å². The van der Waals surface area contributed by atoms with Crippen LogP contribution in [0.5, 0.6) is 0 Å². The fourth-order valence-corrected chi connectivity index (χ4v) is 4.12. The molecule has 29 heavy (non-hydrogen) atoms. The maximum Gasteiger partial charge on any atom is 0.199 e. The first-order valence-corrected chi connectivity index (χ1v) is 10.2. The van der Waals surface area contributed by atoms with Crippen molar-refractivity contribution in [2.45, 2.75) is 46.1 Å². The highest BCUT2D eigenvalue weighted by Crippen LogP contribution is 2.34. The highest BCUT2D eigenvalue weighted by molar-refractivity contribution is 5.94. The van der Waals surface area contributed by atoms with Crippen LogP contribution < -0.4 is 0 Å². The molecular formula is C25H27N3O. The third-order valence-electron chi connectivity index (χ3n) is 5.67. The number of benzene rings is 2. The first kappa shape index (κ1) is 19.2. The van der Waals surface area contributed by atoms with E-state index in [1.54, 1.807) is 6.20 Å². The second kappa shape index (κ2) is 7.70. The highest BCUT2D eigenvalue weighted by Gasteiger charge is 2.25. The zero-order valence-corrected chi connectivity index (χ0v) is 17.4. The summed E-state index contributed by atoms with van der Waals surface area (Å²) in [4.78, 5) is 21.2. The van der Waals surface area contributed by atoms with Crippen molar-refractivity contribution >= 4 is 16.7 Å². The Labute approximate surface area is 171 Å². The molecule has 0 spiro atoms. The first-order valence-electron chi connectivity index (χ1n) is 10.2. The molecule has 0 saturated heterocycles. The lowest BCUT2D eigenvalue weighted by molar-refractivity contribution is 0.0961. The van der Waals surface area contributed by atoms with Gasteiger partial charge in [0, 0.05) is 47.4 Å². The normalized spacial score (nSPS) is 12.6. The van der Waals surface area contributed by atoms with Crippen molar-refractivity contribution in [1.82, 2.24) is 14.5 Å². The summed E-state index contributed by atoms with van der Waals surface area (Å²) in [6.45, 7) is 8.37. The molecule has 4 aromatic rings. The Kier molecular flexibility index (Phi) is 5.10. The van der Waals surface area contributed by atoms with Gasteiger partial charge in [-0.15, -0.1) is 0 Å². The van der Waals surface area contributed by atoms with Crippen molar-refractivity contribution in [2.75, 3.05) is 0 Å². The van der Waals surface area contributed by atoms with E-state index in [0.717, 1.165) is 16.8 Å². The third kappa shape index (κ3) is 3.63. The zero-order valence-electron chi connectivity index (χ0n) is 17.4. The van der Waals surface area contributed by atoms with E-state index >= 15 is 0 Å². The number of hydrogen-bond acceptors (Lipinski definition) is 2. The first-order chi connectivity index (χ1) is 14.0. The largest absolute Gasteiger partial charge is 0.358 e. The molecule has 0 saturated carbocycles. The molecule has 2 heterocycles. The van der Waals surface area contributed by atoms with Crippen LogP contribution in [0.1, 0.15) is 65.2 Å². The highest BCUT2D eigenvalue weighted by atomic mass is 16.1. The number of fused-ring (bicyclic) bond motifs is 1. The quantitative estimate of drug-likeness (QED) is 0.416. The summed E-state index contributed by atoms with van der Waals surface area (Å²) in [5, 5.41) is 1.21. The van der Waals surface area contributed by atoms with Crippen LogP contribution in [0.25, 0.3) is 10.9 Å². The van der Waals surface area contributed by atoms with Gasteiger partial charge in [0.25, 0.3) is 0 Å². The maximum atomic E-state index is 13.3. The van der Waals surface area contributed by atoms with Gasteiger partial charge in [-0.3, -0.25) is 4.79 Å². The van der Waals surface area contributed by atoms with Crippen LogP contribution in [0, 0.1) is 13.8 Å². The van der Waals surface area contributed by atoms with Gasteiger partial charge in [-0.1, -0.05) is 42.5 Å².